The Morgan fingerprint density at radius 1 is 1.10 bits per heavy atom. The Bertz CT molecular complexity index is 1100. The van der Waals surface area contributed by atoms with Gasteiger partial charge in [-0.25, -0.2) is 9.07 Å². The highest BCUT2D eigenvalue weighted by Gasteiger charge is 2.31. The summed E-state index contributed by atoms with van der Waals surface area (Å²) in [6.07, 6.45) is -0.251. The first-order chi connectivity index (χ1) is 15.1. The summed E-state index contributed by atoms with van der Waals surface area (Å²) < 4.78 is 20.8. The van der Waals surface area contributed by atoms with Crippen LogP contribution in [0.3, 0.4) is 0 Å². The molecule has 3 heterocycles. The molecule has 3 aromatic rings. The van der Waals surface area contributed by atoms with Crippen molar-refractivity contribution in [2.45, 2.75) is 19.3 Å². The van der Waals surface area contributed by atoms with Crippen LogP contribution in [-0.2, 0) is 17.9 Å². The Balaban J connectivity index is 1.25. The standard InChI is InChI=1S/C22H21ClFN5O2/c23-16-2-1-3-18(12-16)27-8-10-28(11-9-27)22(30)21-19-14-31-20(13-29(19)26-25-21)15-4-6-17(24)7-5-15/h1-7,12,20H,8-11,13-14H2/t20-/m0/s1. The van der Waals surface area contributed by atoms with Gasteiger partial charge in [-0.1, -0.05) is 35.0 Å². The third kappa shape index (κ3) is 4.00. The summed E-state index contributed by atoms with van der Waals surface area (Å²) in [5.41, 5.74) is 2.95. The molecular formula is C22H21ClFN5O2. The van der Waals surface area contributed by atoms with Crippen LogP contribution in [0.5, 0.6) is 0 Å². The number of nitrogens with zero attached hydrogens (tertiary/aromatic N) is 5. The van der Waals surface area contributed by atoms with E-state index in [2.05, 4.69) is 15.2 Å². The first-order valence-corrected chi connectivity index (χ1v) is 10.6. The lowest BCUT2D eigenvalue weighted by Gasteiger charge is -2.36. The number of halogens is 2. The smallest absolute Gasteiger partial charge is 0.276 e. The van der Waals surface area contributed by atoms with E-state index < -0.39 is 0 Å². The SMILES string of the molecule is O=C(c1nnn2c1CO[C@H](c1ccc(F)cc1)C2)N1CCN(c2cccc(Cl)c2)CC1. The molecule has 2 aromatic carbocycles. The van der Waals surface area contributed by atoms with Gasteiger partial charge in [0.1, 0.15) is 11.9 Å². The quantitative estimate of drug-likeness (QED) is 0.624. The first kappa shape index (κ1) is 20.0. The molecule has 0 aliphatic carbocycles. The van der Waals surface area contributed by atoms with E-state index in [0.717, 1.165) is 24.3 Å². The number of hydrogen-bond acceptors (Lipinski definition) is 5. The minimum absolute atomic E-state index is 0.129. The molecule has 0 unspecified atom stereocenters. The fraction of sp³-hybridized carbons (Fsp3) is 0.318. The van der Waals surface area contributed by atoms with Crippen molar-refractivity contribution < 1.29 is 13.9 Å². The molecule has 1 saturated heterocycles. The van der Waals surface area contributed by atoms with Crippen molar-refractivity contribution in [2.75, 3.05) is 31.1 Å². The fourth-order valence-corrected chi connectivity index (χ4v) is 4.23. The second-order valence-electron chi connectivity index (χ2n) is 7.68. The van der Waals surface area contributed by atoms with E-state index in [1.165, 1.54) is 12.1 Å². The van der Waals surface area contributed by atoms with Crippen molar-refractivity contribution in [3.05, 3.63) is 76.3 Å². The van der Waals surface area contributed by atoms with Crippen LogP contribution in [0.4, 0.5) is 10.1 Å². The minimum Gasteiger partial charge on any atom is -0.368 e. The Morgan fingerprint density at radius 2 is 1.87 bits per heavy atom. The number of ether oxygens (including phenoxy) is 1. The molecule has 0 saturated carbocycles. The number of piperazine rings is 1. The van der Waals surface area contributed by atoms with Gasteiger partial charge in [0.2, 0.25) is 0 Å². The maximum atomic E-state index is 13.2. The van der Waals surface area contributed by atoms with Gasteiger partial charge in [0.15, 0.2) is 5.69 Å². The number of hydrogen-bond donors (Lipinski definition) is 0. The Hall–Kier alpha value is -2.97. The molecule has 1 atom stereocenters. The molecule has 1 aromatic heterocycles. The number of rotatable bonds is 3. The van der Waals surface area contributed by atoms with E-state index >= 15 is 0 Å². The molecule has 1 fully saturated rings. The van der Waals surface area contributed by atoms with Crippen LogP contribution in [0.2, 0.25) is 5.02 Å². The third-order valence-electron chi connectivity index (χ3n) is 5.78. The summed E-state index contributed by atoms with van der Waals surface area (Å²) in [5, 5.41) is 9.03. The maximum absolute atomic E-state index is 13.2. The molecule has 9 heteroatoms. The summed E-state index contributed by atoms with van der Waals surface area (Å²) in [6, 6.07) is 14.0. The summed E-state index contributed by atoms with van der Waals surface area (Å²) in [5.74, 6) is -0.417. The fourth-order valence-electron chi connectivity index (χ4n) is 4.05. The number of aromatic nitrogens is 3. The largest absolute Gasteiger partial charge is 0.368 e. The number of amides is 1. The van der Waals surface area contributed by atoms with Crippen molar-refractivity contribution in [2.24, 2.45) is 0 Å². The Labute approximate surface area is 184 Å². The van der Waals surface area contributed by atoms with Gasteiger partial charge in [-0.05, 0) is 35.9 Å². The van der Waals surface area contributed by atoms with Crippen molar-refractivity contribution in [3.8, 4) is 0 Å². The minimum atomic E-state index is -0.288. The van der Waals surface area contributed by atoms with Gasteiger partial charge in [0.25, 0.3) is 5.91 Å². The van der Waals surface area contributed by atoms with Gasteiger partial charge in [0.05, 0.1) is 18.8 Å². The van der Waals surface area contributed by atoms with Crippen LogP contribution in [-0.4, -0.2) is 52.0 Å². The van der Waals surface area contributed by atoms with Crippen LogP contribution in [0.25, 0.3) is 0 Å². The van der Waals surface area contributed by atoms with Gasteiger partial charge in [-0.2, -0.15) is 0 Å². The average Bonchev–Trinajstić information content (AvgIpc) is 3.22. The molecule has 0 N–H and O–H groups in total. The first-order valence-electron chi connectivity index (χ1n) is 10.2. The van der Waals surface area contributed by atoms with Gasteiger partial charge < -0.3 is 14.5 Å². The van der Waals surface area contributed by atoms with Gasteiger partial charge in [0, 0.05) is 36.9 Å². The normalized spacial score (nSPS) is 18.7. The van der Waals surface area contributed by atoms with Gasteiger partial charge in [-0.3, -0.25) is 4.79 Å². The van der Waals surface area contributed by atoms with E-state index in [9.17, 15) is 9.18 Å². The molecule has 31 heavy (non-hydrogen) atoms. The third-order valence-corrected chi connectivity index (χ3v) is 6.02. The van der Waals surface area contributed by atoms with Crippen LogP contribution in [0.15, 0.2) is 48.5 Å². The predicted molar refractivity (Wildman–Crippen MR) is 114 cm³/mol. The highest BCUT2D eigenvalue weighted by Crippen LogP contribution is 2.28. The van der Waals surface area contributed by atoms with E-state index in [1.54, 1.807) is 21.7 Å². The molecule has 2 aliphatic heterocycles. The summed E-state index contributed by atoms with van der Waals surface area (Å²) in [4.78, 5) is 17.1. The maximum Gasteiger partial charge on any atom is 0.276 e. The molecule has 0 spiro atoms. The molecule has 2 aliphatic rings. The Morgan fingerprint density at radius 3 is 2.61 bits per heavy atom. The van der Waals surface area contributed by atoms with E-state index in [-0.39, 0.29) is 24.4 Å². The molecule has 0 radical (unpaired) electrons. The molecule has 160 valence electrons. The van der Waals surface area contributed by atoms with E-state index in [0.29, 0.717) is 36.0 Å². The van der Waals surface area contributed by atoms with Crippen molar-refractivity contribution in [1.29, 1.82) is 0 Å². The lowest BCUT2D eigenvalue weighted by molar-refractivity contribution is -0.00199. The zero-order valence-corrected chi connectivity index (χ0v) is 17.5. The summed E-state index contributed by atoms with van der Waals surface area (Å²) in [6.45, 7) is 3.30. The molecule has 1 amide bonds. The highest BCUT2D eigenvalue weighted by atomic mass is 35.5. The van der Waals surface area contributed by atoms with Crippen LogP contribution >= 0.6 is 11.6 Å². The number of carbonyl (C=O) groups is 1. The van der Waals surface area contributed by atoms with E-state index in [1.807, 2.05) is 24.3 Å². The van der Waals surface area contributed by atoms with Crippen LogP contribution in [0, 0.1) is 5.82 Å². The van der Waals surface area contributed by atoms with Crippen molar-refractivity contribution in [3.63, 3.8) is 0 Å². The predicted octanol–water partition coefficient (Wildman–Crippen LogP) is 3.30. The zero-order valence-electron chi connectivity index (χ0n) is 16.7. The molecule has 0 bridgehead atoms. The Kier molecular flexibility index (Phi) is 5.33. The van der Waals surface area contributed by atoms with Crippen molar-refractivity contribution >= 4 is 23.2 Å². The number of carbonyl (C=O) groups excluding carboxylic acids is 1. The number of benzene rings is 2. The summed E-state index contributed by atoms with van der Waals surface area (Å²) >= 11 is 6.10. The molecule has 7 nitrogen and oxygen atoms in total. The van der Waals surface area contributed by atoms with Crippen LogP contribution < -0.4 is 4.90 Å². The zero-order chi connectivity index (χ0) is 21.4. The second-order valence-corrected chi connectivity index (χ2v) is 8.11. The topological polar surface area (TPSA) is 63.5 Å². The van der Waals surface area contributed by atoms with Crippen molar-refractivity contribution in [1.82, 2.24) is 19.9 Å². The molecular weight excluding hydrogens is 421 g/mol. The van der Waals surface area contributed by atoms with Gasteiger partial charge in [-0.15, -0.1) is 5.10 Å². The lowest BCUT2D eigenvalue weighted by Crippen LogP contribution is -2.49. The number of fused-ring (bicyclic) bond motifs is 1. The highest BCUT2D eigenvalue weighted by molar-refractivity contribution is 6.30. The lowest BCUT2D eigenvalue weighted by atomic mass is 10.1. The van der Waals surface area contributed by atoms with Gasteiger partial charge >= 0.3 is 0 Å². The van der Waals surface area contributed by atoms with E-state index in [4.69, 9.17) is 16.3 Å². The second kappa shape index (κ2) is 8.28. The monoisotopic (exact) mass is 441 g/mol. The summed E-state index contributed by atoms with van der Waals surface area (Å²) in [7, 11) is 0. The van der Waals surface area contributed by atoms with Crippen LogP contribution in [0.1, 0.15) is 27.8 Å². The molecule has 5 rings (SSSR count). The average molecular weight is 442 g/mol. The number of anilines is 1.